The number of ether oxygens (including phenoxy) is 5. The summed E-state index contributed by atoms with van der Waals surface area (Å²) in [5.74, 6) is -0.705. The molecule has 1 aliphatic carbocycles. The Labute approximate surface area is 858 Å². The van der Waals surface area contributed by atoms with Gasteiger partial charge in [-0.25, -0.2) is 19.9 Å². The minimum atomic E-state index is -3.88. The number of fused-ring (bicyclic) bond motifs is 4. The largest absolute Gasteiger partial charge is 0.496 e. The third-order valence-electron chi connectivity index (χ3n) is 21.0. The lowest BCUT2D eigenvalue weighted by molar-refractivity contribution is -0.122. The number of carbonyl (C=O) groups excluding carboxylic acids is 4. The van der Waals surface area contributed by atoms with Gasteiger partial charge in [-0.1, -0.05) is 185 Å². The SMILES string of the molecule is COc1cc(C(=O)COP(=O)(COCCn2cnc3c(=O)[nH]c(N)nc32)OCc2cccc(Br)c2)ccc1C.Cc1ccc(C(=O)COP(=O)(COCCn2cnc3c(=O)[nH]c(N)nc32)OCc2cccc(Br)c2)cc1.Nc1nc2c(ncn2CCOCP(=O)(OCC(=O)C2CC2)OCc2cccc(Br)c2)c(=O)[nH]1.Nc1nc2c(ncn2CCOCP(=O)(OCC(=O)c2ccccc2)OCc2cccc(Br)c2)c(=O)[nH]1. The summed E-state index contributed by atoms with van der Waals surface area (Å²) in [6.45, 7) is 3.53. The van der Waals surface area contributed by atoms with Crippen LogP contribution < -0.4 is 49.9 Å². The molecule has 0 radical (unpaired) electrons. The number of nitrogens with zero attached hydrogens (tertiary/aromatic N) is 12. The van der Waals surface area contributed by atoms with Gasteiger partial charge < -0.3 is 83.0 Å². The minimum Gasteiger partial charge on any atom is -0.496 e. The van der Waals surface area contributed by atoms with Crippen LogP contribution in [0.4, 0.5) is 23.8 Å². The Bertz CT molecular complexity index is 7560. The predicted molar refractivity (Wildman–Crippen MR) is 550 cm³/mol. The highest BCUT2D eigenvalue weighted by molar-refractivity contribution is 9.11. The molecule has 53 heteroatoms. The lowest BCUT2D eigenvalue weighted by atomic mass is 10.1. The Hall–Kier alpha value is -12.0. The summed E-state index contributed by atoms with van der Waals surface area (Å²) in [5, 5.41) is 0. The summed E-state index contributed by atoms with van der Waals surface area (Å²) in [6, 6.07) is 49.9. The number of aryl methyl sites for hydroxylation is 2. The second-order valence-electron chi connectivity index (χ2n) is 32.0. The van der Waals surface area contributed by atoms with Crippen LogP contribution in [0.1, 0.15) is 77.3 Å². The van der Waals surface area contributed by atoms with E-state index in [0.29, 0.717) is 45.0 Å². The van der Waals surface area contributed by atoms with Gasteiger partial charge in [-0.05, 0) is 109 Å². The molecule has 4 unspecified atom stereocenters. The smallest absolute Gasteiger partial charge is 0.356 e. The summed E-state index contributed by atoms with van der Waals surface area (Å²) in [6.07, 6.45) is 5.93. The molecule has 7 aromatic carbocycles. The normalized spacial score (nSPS) is 13.6. The molecule has 8 aromatic heterocycles. The highest BCUT2D eigenvalue weighted by Crippen LogP contribution is 2.53. The van der Waals surface area contributed by atoms with Crippen molar-refractivity contribution >= 4 is 186 Å². The van der Waals surface area contributed by atoms with Gasteiger partial charge in [0.15, 0.2) is 67.8 Å². The van der Waals surface area contributed by atoms with E-state index in [1.807, 2.05) is 123 Å². The number of nitrogens with one attached hydrogen (secondary N) is 4. The summed E-state index contributed by atoms with van der Waals surface area (Å²) in [5.41, 5.74) is 28.7. The third-order valence-corrected chi connectivity index (χ3v) is 29.1. The second kappa shape index (κ2) is 52.3. The van der Waals surface area contributed by atoms with Crippen LogP contribution in [0.5, 0.6) is 5.75 Å². The number of aromatic amines is 4. The van der Waals surface area contributed by atoms with Gasteiger partial charge in [0.25, 0.3) is 22.2 Å². The Balaban J connectivity index is 0.000000162. The standard InChI is InChI=1S/C25H27BrN5O7P.C24H25BrN5O6P.C23H23BrN5O6P.C20H23BrN5O6P/c1-16-6-7-18(11-21(16)35-2)20(32)13-38-39(34,37-12-17-4-3-5-19(26)10-17)15-36-9-8-31-14-28-22-23(31)29-25(27)30-24(22)33;1-16-5-7-18(8-6-16)20(31)13-36-37(33,35-12-17-3-2-4-19(25)11-17)15-34-10-9-30-14-27-21-22(30)28-24(26)29-23(21)32;24-18-8-4-5-16(11-18)12-34-36(32,35-13-19(30)17-6-2-1-3-7-17)15-33-10-9-29-14-26-20-21(29)27-23(25)28-22(20)31;21-15-3-1-2-13(8-15)9-31-33(29,32-10-16(27)14-4-5-14)12-30-7-6-26-11-23-17-18(26)24-20(22)25-19(17)28/h3-7,10-11,14H,8-9,12-13,15H2,1-2H3,(H3,27,29,30,33);2-8,11,14H,9-10,12-13,15H2,1H3,(H3,26,28,29,32);1-8,11,14H,9-10,12-13,15H2,(H3,25,27,28,31);1-3,8,11,14H,4-7,9-10,12H2,(H3,22,24,25,28). The number of Topliss-reactive ketones (excluding diaryl/α,β-unsaturated/α-hetero) is 4. The highest BCUT2D eigenvalue weighted by atomic mass is 79.9. The number of H-pyrrole nitrogens is 4. The molecule has 0 spiro atoms. The first-order chi connectivity index (χ1) is 69.5. The maximum Gasteiger partial charge on any atom is 0.356 e. The third kappa shape index (κ3) is 33.0. The van der Waals surface area contributed by atoms with Gasteiger partial charge >= 0.3 is 30.4 Å². The van der Waals surface area contributed by atoms with Gasteiger partial charge in [-0.3, -0.25) is 94.6 Å². The van der Waals surface area contributed by atoms with Crippen LogP contribution >= 0.6 is 94.1 Å². The van der Waals surface area contributed by atoms with Crippen LogP contribution in [-0.4, -0.2) is 187 Å². The zero-order valence-electron chi connectivity index (χ0n) is 77.8. The number of methoxy groups -OCH3 is 1. The van der Waals surface area contributed by atoms with E-state index >= 15 is 0 Å². The van der Waals surface area contributed by atoms with E-state index < -0.39 is 84.6 Å². The van der Waals surface area contributed by atoms with Crippen molar-refractivity contribution in [2.45, 2.75) is 79.3 Å². The van der Waals surface area contributed by atoms with E-state index in [1.54, 1.807) is 78.9 Å². The molecule has 15 aromatic rings. The number of rotatable bonds is 49. The number of imidazole rings is 4. The zero-order chi connectivity index (χ0) is 103. The number of nitrogens with two attached hydrogens (primary N) is 4. The maximum atomic E-state index is 13.6. The summed E-state index contributed by atoms with van der Waals surface area (Å²) >= 11 is 13.6. The quantitative estimate of drug-likeness (QED) is 0.00997. The number of hydrogen-bond acceptors (Lipinski definition) is 37. The monoisotopic (exact) mass is 2320 g/mol. The van der Waals surface area contributed by atoms with E-state index in [9.17, 15) is 56.6 Å². The lowest BCUT2D eigenvalue weighted by Gasteiger charge is -2.19. The predicted octanol–water partition coefficient (Wildman–Crippen LogP) is 14.7. The summed E-state index contributed by atoms with van der Waals surface area (Å²) in [4.78, 5) is 140. The van der Waals surface area contributed by atoms with Crippen molar-refractivity contribution in [3.05, 3.63) is 305 Å². The fourth-order valence-electron chi connectivity index (χ4n) is 13.3. The van der Waals surface area contributed by atoms with Crippen molar-refractivity contribution in [2.75, 3.05) is 108 Å². The fraction of sp³-hybridized carbons (Fsp3) is 0.283. The molecule has 8 heterocycles. The first-order valence-electron chi connectivity index (χ1n) is 44.1. The van der Waals surface area contributed by atoms with Crippen molar-refractivity contribution in [3.8, 4) is 5.75 Å². The van der Waals surface area contributed by atoms with E-state index in [2.05, 4.69) is 124 Å². The molecule has 1 aliphatic rings. The highest BCUT2D eigenvalue weighted by Gasteiger charge is 2.35. The molecule has 1 saturated carbocycles. The molecule has 0 saturated heterocycles. The maximum absolute atomic E-state index is 13.6. The van der Waals surface area contributed by atoms with Gasteiger partial charge in [0.05, 0.1) is 85.3 Å². The summed E-state index contributed by atoms with van der Waals surface area (Å²) < 4.78 is 136. The van der Waals surface area contributed by atoms with E-state index in [-0.39, 0.29) is 174 Å². The molecule has 764 valence electrons. The number of anilines is 4. The number of hydrogen-bond donors (Lipinski definition) is 8. The molecule has 1 fully saturated rings. The van der Waals surface area contributed by atoms with Crippen LogP contribution in [0.3, 0.4) is 0 Å². The number of carbonyl (C=O) groups is 4. The average molecular weight is 2330 g/mol. The molecule has 4 atom stereocenters. The molecule has 0 bridgehead atoms. The van der Waals surface area contributed by atoms with Crippen LogP contribution in [-0.2, 0) is 131 Å². The van der Waals surface area contributed by atoms with E-state index in [4.69, 9.17) is 82.8 Å². The van der Waals surface area contributed by atoms with Crippen LogP contribution in [0, 0.1) is 19.8 Å². The van der Waals surface area contributed by atoms with Crippen molar-refractivity contribution in [2.24, 2.45) is 5.92 Å². The lowest BCUT2D eigenvalue weighted by Crippen LogP contribution is -2.14. The Morgan fingerprint density at radius 1 is 0.366 bits per heavy atom. The zero-order valence-corrected chi connectivity index (χ0v) is 87.7. The number of aromatic nitrogens is 16. The van der Waals surface area contributed by atoms with Crippen molar-refractivity contribution in [1.82, 2.24) is 78.1 Å². The number of ketones is 4. The molecular weight excluding hydrogens is 2230 g/mol. The van der Waals surface area contributed by atoms with Crippen LogP contribution in [0.15, 0.2) is 232 Å². The molecule has 0 amide bonds. The van der Waals surface area contributed by atoms with Crippen molar-refractivity contribution in [1.29, 1.82) is 0 Å². The number of halogens is 4. The molecule has 12 N–H and O–H groups in total. The van der Waals surface area contributed by atoms with Crippen LogP contribution in [0.25, 0.3) is 44.7 Å². The van der Waals surface area contributed by atoms with E-state index in [1.165, 1.54) is 32.4 Å². The number of nitrogen functional groups attached to an aromatic ring is 4. The van der Waals surface area contributed by atoms with E-state index in [0.717, 1.165) is 64.1 Å². The van der Waals surface area contributed by atoms with Gasteiger partial charge in [-0.15, -0.1) is 0 Å². The first-order valence-corrected chi connectivity index (χ1v) is 54.2. The van der Waals surface area contributed by atoms with Gasteiger partial charge in [0.2, 0.25) is 23.8 Å². The Kier molecular flexibility index (Phi) is 39.8. The first kappa shape index (κ1) is 110. The second-order valence-corrected chi connectivity index (χ2v) is 43.6. The molecular formula is C92H98Br4N20O25P4. The Morgan fingerprint density at radius 3 is 0.952 bits per heavy atom. The van der Waals surface area contributed by atoms with Crippen molar-refractivity contribution < 1.29 is 97.3 Å². The fourth-order valence-corrected chi connectivity index (χ4v) is 20.0. The summed E-state index contributed by atoms with van der Waals surface area (Å²) in [7, 11) is -13.7. The minimum absolute atomic E-state index is 0.00224. The topological polar surface area (TPSA) is 615 Å². The average Bonchev–Trinajstić information content (AvgIpc) is 1.67. The molecule has 45 nitrogen and oxygen atoms in total. The van der Waals surface area contributed by atoms with Gasteiger partial charge in [0, 0.05) is 66.7 Å². The van der Waals surface area contributed by atoms with Gasteiger partial charge in [-0.2, -0.15) is 19.9 Å². The van der Waals surface area contributed by atoms with Gasteiger partial charge in [0.1, 0.15) is 57.6 Å². The molecule has 16 rings (SSSR count). The molecule has 145 heavy (non-hydrogen) atoms. The number of benzene rings is 7. The molecule has 0 aliphatic heterocycles. The Morgan fingerprint density at radius 2 is 0.655 bits per heavy atom. The van der Waals surface area contributed by atoms with Crippen molar-refractivity contribution in [3.63, 3.8) is 0 Å². The van der Waals surface area contributed by atoms with Crippen LogP contribution in [0.2, 0.25) is 0 Å².